The fraction of sp³-hybridized carbons (Fsp3) is 1.00. The predicted molar refractivity (Wildman–Crippen MR) is 108 cm³/mol. The topological polar surface area (TPSA) is 0 Å². The van der Waals surface area contributed by atoms with Crippen molar-refractivity contribution in [3.63, 3.8) is 0 Å². The molecule has 0 heteroatoms. The van der Waals surface area contributed by atoms with Gasteiger partial charge >= 0.3 is 0 Å². The predicted octanol–water partition coefficient (Wildman–Crippen LogP) is 8.07. The van der Waals surface area contributed by atoms with E-state index >= 15 is 0 Å². The van der Waals surface area contributed by atoms with Crippen molar-refractivity contribution < 1.29 is 0 Å². The first-order chi connectivity index (χ1) is 9.80. The molecule has 0 nitrogen and oxygen atoms in total. The van der Waals surface area contributed by atoms with Gasteiger partial charge in [0, 0.05) is 0 Å². The summed E-state index contributed by atoms with van der Waals surface area (Å²) in [5.41, 5.74) is 1.21. The van der Waals surface area contributed by atoms with E-state index in [0.29, 0.717) is 17.8 Å². The summed E-state index contributed by atoms with van der Waals surface area (Å²) >= 11 is 0. The summed E-state index contributed by atoms with van der Waals surface area (Å²) in [4.78, 5) is 0. The Bertz CT molecular complexity index is 388. The van der Waals surface area contributed by atoms with Crippen LogP contribution in [0.3, 0.4) is 0 Å². The van der Waals surface area contributed by atoms with Crippen LogP contribution in [0.5, 0.6) is 0 Å². The Morgan fingerprint density at radius 1 is 0.435 bits per heavy atom. The SMILES string of the molecule is CC(C)C(C)C(C)(C)C(C)(C)C(C)(C)C(C)(C)C(C)(C)C(C)C. The van der Waals surface area contributed by atoms with E-state index in [2.05, 4.69) is 104 Å². The minimum absolute atomic E-state index is 0.209. The lowest BCUT2D eigenvalue weighted by Gasteiger charge is -2.65. The molecule has 1 unspecified atom stereocenters. The zero-order chi connectivity index (χ0) is 19.2. The molecule has 0 aliphatic carbocycles. The van der Waals surface area contributed by atoms with Crippen molar-refractivity contribution >= 4 is 0 Å². The van der Waals surface area contributed by atoms with Gasteiger partial charge in [0.2, 0.25) is 0 Å². The van der Waals surface area contributed by atoms with Gasteiger partial charge < -0.3 is 0 Å². The van der Waals surface area contributed by atoms with Crippen LogP contribution in [0.4, 0.5) is 0 Å². The first-order valence-corrected chi connectivity index (χ1v) is 9.80. The summed E-state index contributed by atoms with van der Waals surface area (Å²) in [6.07, 6.45) is 0. The Balaban J connectivity index is 6.17. The Kier molecular flexibility index (Phi) is 6.38. The van der Waals surface area contributed by atoms with E-state index in [-0.39, 0.29) is 27.1 Å². The molecule has 0 aromatic rings. The Labute approximate surface area is 149 Å². The van der Waals surface area contributed by atoms with Crippen LogP contribution in [-0.4, -0.2) is 0 Å². The average Bonchev–Trinajstić information content (AvgIpc) is 2.36. The van der Waals surface area contributed by atoms with Gasteiger partial charge in [-0.2, -0.15) is 0 Å². The minimum atomic E-state index is 0.209. The van der Waals surface area contributed by atoms with Crippen molar-refractivity contribution in [2.45, 2.75) is 104 Å². The monoisotopic (exact) mass is 324 g/mol. The van der Waals surface area contributed by atoms with Gasteiger partial charge in [-0.25, -0.2) is 0 Å². The fourth-order valence-corrected chi connectivity index (χ4v) is 4.52. The van der Waals surface area contributed by atoms with Crippen LogP contribution in [0.25, 0.3) is 0 Å². The third kappa shape index (κ3) is 3.25. The quantitative estimate of drug-likeness (QED) is 0.444. The second-order valence-electron chi connectivity index (χ2n) is 11.5. The number of hydrogen-bond donors (Lipinski definition) is 0. The van der Waals surface area contributed by atoms with Crippen LogP contribution in [0.1, 0.15) is 104 Å². The van der Waals surface area contributed by atoms with Gasteiger partial charge in [-0.05, 0) is 44.8 Å². The molecule has 0 saturated carbocycles. The normalized spacial score (nSPS) is 17.1. The molecule has 0 bridgehead atoms. The summed E-state index contributed by atoms with van der Waals surface area (Å²) in [7, 11) is 0. The van der Waals surface area contributed by atoms with E-state index in [4.69, 9.17) is 0 Å². The zero-order valence-corrected chi connectivity index (χ0v) is 19.2. The van der Waals surface area contributed by atoms with E-state index < -0.39 is 0 Å². The van der Waals surface area contributed by atoms with Crippen molar-refractivity contribution in [3.8, 4) is 0 Å². The van der Waals surface area contributed by atoms with Crippen LogP contribution >= 0.6 is 0 Å². The lowest BCUT2D eigenvalue weighted by atomic mass is 9.39. The number of rotatable bonds is 7. The maximum Gasteiger partial charge on any atom is -0.0241 e. The highest BCUT2D eigenvalue weighted by atomic mass is 14.6. The molecule has 0 aliphatic rings. The van der Waals surface area contributed by atoms with Gasteiger partial charge in [0.1, 0.15) is 0 Å². The molecule has 0 heterocycles. The molecule has 0 rings (SSSR count). The summed E-state index contributed by atoms with van der Waals surface area (Å²) in [6, 6.07) is 0. The Morgan fingerprint density at radius 3 is 1.00 bits per heavy atom. The molecule has 0 amide bonds. The summed E-state index contributed by atoms with van der Waals surface area (Å²) < 4.78 is 0. The molecule has 1 atom stereocenters. The van der Waals surface area contributed by atoms with Gasteiger partial charge in [0.05, 0.1) is 0 Å². The van der Waals surface area contributed by atoms with E-state index in [1.54, 1.807) is 0 Å². The average molecular weight is 325 g/mol. The zero-order valence-electron chi connectivity index (χ0n) is 19.2. The smallest absolute Gasteiger partial charge is 0.0241 e. The standard InChI is InChI=1S/C23H48/c1-16(2)18(5)20(8,9)22(12,13)23(14,15)21(10,11)19(6,7)17(3)4/h16-18H,1-15H3. The van der Waals surface area contributed by atoms with Crippen LogP contribution in [0.15, 0.2) is 0 Å². The molecule has 0 aromatic carbocycles. The van der Waals surface area contributed by atoms with Gasteiger partial charge in [0.25, 0.3) is 0 Å². The molecular weight excluding hydrogens is 276 g/mol. The second-order valence-corrected chi connectivity index (χ2v) is 11.5. The molecular formula is C23H48. The molecule has 23 heavy (non-hydrogen) atoms. The fourth-order valence-electron chi connectivity index (χ4n) is 4.52. The maximum atomic E-state index is 2.52. The highest BCUT2D eigenvalue weighted by Crippen LogP contribution is 2.66. The molecule has 0 aliphatic heterocycles. The van der Waals surface area contributed by atoms with Crippen LogP contribution < -0.4 is 0 Å². The number of hydrogen-bond acceptors (Lipinski definition) is 0. The Morgan fingerprint density at radius 2 is 0.739 bits per heavy atom. The molecule has 140 valence electrons. The molecule has 0 spiro atoms. The highest BCUT2D eigenvalue weighted by Gasteiger charge is 2.60. The van der Waals surface area contributed by atoms with E-state index in [9.17, 15) is 0 Å². The molecule has 0 saturated heterocycles. The van der Waals surface area contributed by atoms with Crippen LogP contribution in [0.2, 0.25) is 0 Å². The van der Waals surface area contributed by atoms with Gasteiger partial charge in [0.15, 0.2) is 0 Å². The molecule has 0 radical (unpaired) electrons. The van der Waals surface area contributed by atoms with Crippen molar-refractivity contribution in [1.29, 1.82) is 0 Å². The maximum absolute atomic E-state index is 2.52. The minimum Gasteiger partial charge on any atom is -0.0625 e. The second kappa shape index (κ2) is 6.38. The third-order valence-corrected chi connectivity index (χ3v) is 9.93. The first kappa shape index (κ1) is 23.0. The van der Waals surface area contributed by atoms with Crippen molar-refractivity contribution in [3.05, 3.63) is 0 Å². The van der Waals surface area contributed by atoms with Gasteiger partial charge in [-0.1, -0.05) is 104 Å². The summed E-state index contributed by atoms with van der Waals surface area (Å²) in [5, 5.41) is 0. The largest absolute Gasteiger partial charge is 0.0625 e. The Hall–Kier alpha value is 0. The van der Waals surface area contributed by atoms with Crippen molar-refractivity contribution in [2.24, 2.45) is 44.8 Å². The van der Waals surface area contributed by atoms with Crippen LogP contribution in [-0.2, 0) is 0 Å². The third-order valence-electron chi connectivity index (χ3n) is 9.93. The summed E-state index contributed by atoms with van der Waals surface area (Å²) in [5.74, 6) is 2.06. The lowest BCUT2D eigenvalue weighted by Crippen LogP contribution is -2.59. The van der Waals surface area contributed by atoms with E-state index in [0.717, 1.165) is 0 Å². The van der Waals surface area contributed by atoms with Crippen molar-refractivity contribution in [2.75, 3.05) is 0 Å². The van der Waals surface area contributed by atoms with Crippen LogP contribution in [0, 0.1) is 44.8 Å². The summed E-state index contributed by atoms with van der Waals surface area (Å²) in [6.45, 7) is 37.0. The molecule has 0 fully saturated rings. The van der Waals surface area contributed by atoms with E-state index in [1.807, 2.05) is 0 Å². The molecule has 0 N–H and O–H groups in total. The van der Waals surface area contributed by atoms with Gasteiger partial charge in [-0.3, -0.25) is 0 Å². The van der Waals surface area contributed by atoms with Gasteiger partial charge in [-0.15, -0.1) is 0 Å². The lowest BCUT2D eigenvalue weighted by molar-refractivity contribution is -0.168. The van der Waals surface area contributed by atoms with Crippen molar-refractivity contribution in [1.82, 2.24) is 0 Å². The molecule has 0 aromatic heterocycles. The first-order valence-electron chi connectivity index (χ1n) is 9.80. The van der Waals surface area contributed by atoms with E-state index in [1.165, 1.54) is 0 Å². The highest BCUT2D eigenvalue weighted by molar-refractivity contribution is 5.08.